The summed E-state index contributed by atoms with van der Waals surface area (Å²) in [7, 11) is -11.4. The van der Waals surface area contributed by atoms with Gasteiger partial charge in [0.15, 0.2) is 5.75 Å². The molecule has 4 rings (SSSR count). The topological polar surface area (TPSA) is 211 Å². The van der Waals surface area contributed by atoms with Crippen molar-refractivity contribution in [3.63, 3.8) is 0 Å². The summed E-state index contributed by atoms with van der Waals surface area (Å²) >= 11 is 0. The second-order valence-corrected chi connectivity index (χ2v) is 12.4. The van der Waals surface area contributed by atoms with E-state index >= 15 is 0 Å². The van der Waals surface area contributed by atoms with Crippen molar-refractivity contribution in [3.05, 3.63) is 54.6 Å². The molecule has 0 radical (unpaired) electrons. The molecule has 38 heavy (non-hydrogen) atoms. The zero-order valence-electron chi connectivity index (χ0n) is 19.5. The first-order valence-corrected chi connectivity index (χ1v) is 14.7. The molecule has 16 heteroatoms. The van der Waals surface area contributed by atoms with Gasteiger partial charge in [0.1, 0.15) is 26.1 Å². The number of rotatable bonds is 6. The molecule has 0 saturated carbocycles. The highest BCUT2D eigenvalue weighted by Crippen LogP contribution is 2.43. The lowest BCUT2D eigenvalue weighted by Crippen LogP contribution is -2.08. The lowest BCUT2D eigenvalue weighted by Gasteiger charge is -2.15. The standard InChI is InChI=1S/C22H19N3O10S3/c1-25(2)13-6-7-14-12(10-13)11-19(37(30,31)32)20(21(14)26)24-23-17-9-8-15-16(22(17)38(33,34)35)4-3-5-18(15)36(27,28)29/h3-11,26H,1-2H3,(H,27,28,29)(H,30,31,32)(H,33,34,35). The monoisotopic (exact) mass is 581 g/mol. The molecule has 0 fully saturated rings. The van der Waals surface area contributed by atoms with Gasteiger partial charge in [0.25, 0.3) is 30.4 Å². The van der Waals surface area contributed by atoms with Gasteiger partial charge in [0.05, 0.1) is 0 Å². The average molecular weight is 582 g/mol. The summed E-state index contributed by atoms with van der Waals surface area (Å²) in [6.45, 7) is 0. The Hall–Kier alpha value is -3.67. The molecular weight excluding hydrogens is 562 g/mol. The number of benzene rings is 4. The molecule has 4 aromatic rings. The first-order valence-electron chi connectivity index (χ1n) is 10.4. The molecule has 0 saturated heterocycles. The molecule has 0 heterocycles. The lowest BCUT2D eigenvalue weighted by molar-refractivity contribution is 0.472. The molecule has 4 aromatic carbocycles. The van der Waals surface area contributed by atoms with Gasteiger partial charge in [-0.05, 0) is 41.8 Å². The summed E-state index contributed by atoms with van der Waals surface area (Å²) in [4.78, 5) is -0.638. The fraction of sp³-hybridized carbons (Fsp3) is 0.0909. The number of phenolic OH excluding ortho intramolecular Hbond substituents is 1. The fourth-order valence-corrected chi connectivity index (χ4v) is 6.07. The van der Waals surface area contributed by atoms with Crippen molar-refractivity contribution < 1.29 is 44.0 Å². The minimum atomic E-state index is -5.09. The summed E-state index contributed by atoms with van der Waals surface area (Å²) in [5.41, 5.74) is -0.618. The summed E-state index contributed by atoms with van der Waals surface area (Å²) < 4.78 is 101. The number of hydrogen-bond donors (Lipinski definition) is 4. The predicted octanol–water partition coefficient (Wildman–Crippen LogP) is 3.92. The van der Waals surface area contributed by atoms with Crippen molar-refractivity contribution in [2.24, 2.45) is 10.2 Å². The lowest BCUT2D eigenvalue weighted by atomic mass is 10.1. The van der Waals surface area contributed by atoms with Crippen LogP contribution in [0, 0.1) is 0 Å². The van der Waals surface area contributed by atoms with Gasteiger partial charge in [-0.2, -0.15) is 25.3 Å². The number of fused-ring (bicyclic) bond motifs is 2. The molecule has 0 atom stereocenters. The van der Waals surface area contributed by atoms with E-state index in [0.29, 0.717) is 5.69 Å². The molecule has 200 valence electrons. The van der Waals surface area contributed by atoms with Crippen molar-refractivity contribution >= 4 is 69.0 Å². The van der Waals surface area contributed by atoms with E-state index in [-0.39, 0.29) is 21.5 Å². The first-order chi connectivity index (χ1) is 17.5. The van der Waals surface area contributed by atoms with Crippen LogP contribution in [0.3, 0.4) is 0 Å². The Morgan fingerprint density at radius 1 is 0.684 bits per heavy atom. The van der Waals surface area contributed by atoms with Gasteiger partial charge < -0.3 is 10.0 Å². The first kappa shape index (κ1) is 27.4. The summed E-state index contributed by atoms with van der Waals surface area (Å²) in [6, 6.07) is 11.0. The van der Waals surface area contributed by atoms with Crippen LogP contribution in [-0.4, -0.2) is 58.1 Å². The third-order valence-corrected chi connectivity index (χ3v) is 8.30. The molecule has 0 spiro atoms. The van der Waals surface area contributed by atoms with Gasteiger partial charge in [-0.15, -0.1) is 10.2 Å². The molecular formula is C22H19N3O10S3. The van der Waals surface area contributed by atoms with Crippen LogP contribution < -0.4 is 4.90 Å². The highest BCUT2D eigenvalue weighted by atomic mass is 32.2. The van der Waals surface area contributed by atoms with Crippen LogP contribution in [0.5, 0.6) is 5.75 Å². The zero-order valence-corrected chi connectivity index (χ0v) is 22.0. The Labute approximate surface area is 216 Å². The molecule has 4 N–H and O–H groups in total. The average Bonchev–Trinajstić information content (AvgIpc) is 2.80. The maximum Gasteiger partial charge on any atom is 0.297 e. The third-order valence-electron chi connectivity index (χ3n) is 5.57. The van der Waals surface area contributed by atoms with Gasteiger partial charge in [-0.1, -0.05) is 18.2 Å². The Balaban J connectivity index is 2.02. The number of aromatic hydroxyl groups is 1. The fourth-order valence-electron chi connectivity index (χ4n) is 3.88. The zero-order chi connectivity index (χ0) is 28.2. The molecule has 0 aliphatic carbocycles. The van der Waals surface area contributed by atoms with Gasteiger partial charge in [0, 0.05) is 35.9 Å². The normalized spacial score (nSPS) is 13.0. The van der Waals surface area contributed by atoms with E-state index < -0.39 is 62.2 Å². The van der Waals surface area contributed by atoms with E-state index in [0.717, 1.165) is 36.4 Å². The van der Waals surface area contributed by atoms with Crippen LogP contribution >= 0.6 is 0 Å². The quantitative estimate of drug-likeness (QED) is 0.189. The molecule has 0 aliphatic heterocycles. The van der Waals surface area contributed by atoms with E-state index in [1.165, 1.54) is 6.07 Å². The van der Waals surface area contributed by atoms with Crippen molar-refractivity contribution in [2.75, 3.05) is 19.0 Å². The van der Waals surface area contributed by atoms with Gasteiger partial charge in [-0.3, -0.25) is 13.7 Å². The van der Waals surface area contributed by atoms with Gasteiger partial charge in [0.2, 0.25) is 0 Å². The number of azo groups is 1. The van der Waals surface area contributed by atoms with Crippen LogP contribution in [0.15, 0.2) is 79.5 Å². The maximum atomic E-state index is 12.2. The predicted molar refractivity (Wildman–Crippen MR) is 138 cm³/mol. The number of anilines is 1. The van der Waals surface area contributed by atoms with Crippen LogP contribution in [-0.2, 0) is 30.4 Å². The Bertz CT molecular complexity index is 1990. The van der Waals surface area contributed by atoms with Crippen LogP contribution in [0.1, 0.15) is 0 Å². The summed E-state index contributed by atoms with van der Waals surface area (Å²) in [5, 5.41) is 18.0. The van der Waals surface area contributed by atoms with E-state index in [2.05, 4.69) is 10.2 Å². The molecule has 0 unspecified atom stereocenters. The van der Waals surface area contributed by atoms with Crippen molar-refractivity contribution in [1.29, 1.82) is 0 Å². The highest BCUT2D eigenvalue weighted by molar-refractivity contribution is 7.86. The van der Waals surface area contributed by atoms with E-state index in [1.54, 1.807) is 31.1 Å². The molecule has 0 aliphatic rings. The van der Waals surface area contributed by atoms with Crippen molar-refractivity contribution in [1.82, 2.24) is 0 Å². The van der Waals surface area contributed by atoms with Gasteiger partial charge in [-0.25, -0.2) is 0 Å². The minimum Gasteiger partial charge on any atom is -0.505 e. The van der Waals surface area contributed by atoms with Crippen molar-refractivity contribution in [3.8, 4) is 5.75 Å². The summed E-state index contributed by atoms with van der Waals surface area (Å²) in [5.74, 6) is -0.688. The smallest absolute Gasteiger partial charge is 0.297 e. The third kappa shape index (κ3) is 5.04. The van der Waals surface area contributed by atoms with Crippen LogP contribution in [0.25, 0.3) is 21.5 Å². The number of phenols is 1. The van der Waals surface area contributed by atoms with E-state index in [1.807, 2.05) is 0 Å². The van der Waals surface area contributed by atoms with E-state index in [4.69, 9.17) is 0 Å². The van der Waals surface area contributed by atoms with Crippen LogP contribution in [0.4, 0.5) is 17.1 Å². The van der Waals surface area contributed by atoms with Crippen LogP contribution in [0.2, 0.25) is 0 Å². The molecule has 13 nitrogen and oxygen atoms in total. The maximum absolute atomic E-state index is 12.2. The van der Waals surface area contributed by atoms with Gasteiger partial charge >= 0.3 is 0 Å². The number of nitrogens with zero attached hydrogens (tertiary/aromatic N) is 3. The Morgan fingerprint density at radius 3 is 1.89 bits per heavy atom. The highest BCUT2D eigenvalue weighted by Gasteiger charge is 2.25. The molecule has 0 amide bonds. The second kappa shape index (κ2) is 9.26. The largest absolute Gasteiger partial charge is 0.505 e. The number of hydrogen-bond acceptors (Lipinski definition) is 10. The second-order valence-electron chi connectivity index (χ2n) is 8.26. The summed E-state index contributed by atoms with van der Waals surface area (Å²) in [6.07, 6.45) is 0. The Kier molecular flexibility index (Phi) is 6.67. The molecule has 0 aromatic heterocycles. The molecule has 0 bridgehead atoms. The van der Waals surface area contributed by atoms with E-state index in [9.17, 15) is 44.0 Å². The van der Waals surface area contributed by atoms with Crippen molar-refractivity contribution in [2.45, 2.75) is 14.7 Å². The Morgan fingerprint density at radius 2 is 1.32 bits per heavy atom. The SMILES string of the molecule is CN(C)c1ccc2c(O)c(N=Nc3ccc4c(S(=O)(=O)O)cccc4c3S(=O)(=O)O)c(S(=O)(=O)O)cc2c1. The minimum absolute atomic E-state index is 0.142.